The number of benzene rings is 1. The van der Waals surface area contributed by atoms with Gasteiger partial charge in [-0.3, -0.25) is 0 Å². The van der Waals surface area contributed by atoms with E-state index in [0.29, 0.717) is 18.4 Å². The number of fused-ring (bicyclic) bond motifs is 1. The van der Waals surface area contributed by atoms with Crippen LogP contribution in [0.25, 0.3) is 0 Å². The van der Waals surface area contributed by atoms with E-state index in [1.165, 1.54) is 6.07 Å². The Kier molecular flexibility index (Phi) is 7.53. The summed E-state index contributed by atoms with van der Waals surface area (Å²) >= 11 is 1.71. The van der Waals surface area contributed by atoms with Gasteiger partial charge in [0.25, 0.3) is 0 Å². The number of hydrogen-bond acceptors (Lipinski definition) is 3. The molecular formula is C20H27F3N2S. The Morgan fingerprint density at radius 1 is 1.27 bits per heavy atom. The van der Waals surface area contributed by atoms with Crippen LogP contribution in [0, 0.1) is 11.8 Å². The van der Waals surface area contributed by atoms with Gasteiger partial charge >= 0.3 is 6.18 Å². The lowest BCUT2D eigenvalue weighted by Crippen LogP contribution is -2.27. The summed E-state index contributed by atoms with van der Waals surface area (Å²) in [6.45, 7) is 5.61. The second-order valence-corrected chi connectivity index (χ2v) is 7.76. The van der Waals surface area contributed by atoms with Crippen LogP contribution in [0.3, 0.4) is 0 Å². The number of hydrogen-bond donors (Lipinski definition) is 2. The van der Waals surface area contributed by atoms with Gasteiger partial charge in [-0.25, -0.2) is 0 Å². The van der Waals surface area contributed by atoms with E-state index in [-0.39, 0.29) is 5.92 Å². The molecule has 0 bridgehead atoms. The SMILES string of the molecule is CC(CN)CCC1CNc2ccc(C(F)(F)F)cc2C1C.c1ccsc1. The van der Waals surface area contributed by atoms with Crippen LogP contribution < -0.4 is 11.1 Å². The van der Waals surface area contributed by atoms with Gasteiger partial charge in [-0.05, 0) is 71.7 Å². The Bertz CT molecular complexity index is 638. The Balaban J connectivity index is 0.000000417. The fraction of sp³-hybridized carbons (Fsp3) is 0.500. The number of nitrogens with one attached hydrogen (secondary N) is 1. The second kappa shape index (κ2) is 9.42. The molecular weight excluding hydrogens is 357 g/mol. The van der Waals surface area contributed by atoms with Crippen molar-refractivity contribution in [3.8, 4) is 0 Å². The van der Waals surface area contributed by atoms with Gasteiger partial charge in [-0.2, -0.15) is 24.5 Å². The maximum Gasteiger partial charge on any atom is 0.416 e. The molecule has 1 aliphatic rings. The first-order valence-electron chi connectivity index (χ1n) is 8.95. The van der Waals surface area contributed by atoms with E-state index in [2.05, 4.69) is 12.2 Å². The average molecular weight is 385 g/mol. The lowest BCUT2D eigenvalue weighted by Gasteiger charge is -2.33. The van der Waals surface area contributed by atoms with E-state index >= 15 is 0 Å². The fourth-order valence-corrected chi connectivity index (χ4v) is 3.60. The molecule has 1 aromatic carbocycles. The van der Waals surface area contributed by atoms with Crippen LogP contribution in [0.1, 0.15) is 43.7 Å². The van der Waals surface area contributed by atoms with Crippen LogP contribution >= 0.6 is 11.3 Å². The van der Waals surface area contributed by atoms with Crippen molar-refractivity contribution in [2.75, 3.05) is 18.4 Å². The Hall–Kier alpha value is -1.53. The minimum absolute atomic E-state index is 0.133. The molecule has 0 radical (unpaired) electrons. The van der Waals surface area contributed by atoms with Crippen LogP contribution in [0.2, 0.25) is 0 Å². The topological polar surface area (TPSA) is 38.0 Å². The lowest BCUT2D eigenvalue weighted by molar-refractivity contribution is -0.137. The Labute approximate surface area is 157 Å². The van der Waals surface area contributed by atoms with Crippen molar-refractivity contribution < 1.29 is 13.2 Å². The highest BCUT2D eigenvalue weighted by molar-refractivity contribution is 7.07. The molecule has 3 N–H and O–H groups in total. The Morgan fingerprint density at radius 2 is 1.96 bits per heavy atom. The van der Waals surface area contributed by atoms with Gasteiger partial charge in [0, 0.05) is 12.2 Å². The first kappa shape index (κ1) is 20.8. The van der Waals surface area contributed by atoms with Crippen LogP contribution in [0.4, 0.5) is 18.9 Å². The summed E-state index contributed by atoms with van der Waals surface area (Å²) in [4.78, 5) is 0. The first-order valence-corrected chi connectivity index (χ1v) is 9.89. The number of alkyl halides is 3. The summed E-state index contributed by atoms with van der Waals surface area (Å²) in [6.07, 6.45) is -2.28. The normalized spacial score (nSPS) is 20.4. The molecule has 0 saturated carbocycles. The van der Waals surface area contributed by atoms with Crippen molar-refractivity contribution in [1.29, 1.82) is 0 Å². The highest BCUT2D eigenvalue weighted by Crippen LogP contribution is 2.40. The van der Waals surface area contributed by atoms with Gasteiger partial charge in [-0.1, -0.05) is 26.0 Å². The lowest BCUT2D eigenvalue weighted by atomic mass is 9.79. The van der Waals surface area contributed by atoms with Gasteiger partial charge in [0.2, 0.25) is 0 Å². The predicted octanol–water partition coefficient (Wildman–Crippen LogP) is 5.97. The second-order valence-electron chi connectivity index (χ2n) is 6.94. The monoisotopic (exact) mass is 384 g/mol. The quantitative estimate of drug-likeness (QED) is 0.681. The van der Waals surface area contributed by atoms with Crippen LogP contribution in [-0.4, -0.2) is 13.1 Å². The molecule has 3 unspecified atom stereocenters. The molecule has 1 aliphatic heterocycles. The van der Waals surface area contributed by atoms with Crippen molar-refractivity contribution in [1.82, 2.24) is 0 Å². The van der Waals surface area contributed by atoms with E-state index in [1.54, 1.807) is 17.4 Å². The summed E-state index contributed by atoms with van der Waals surface area (Å²) in [5.74, 6) is 0.948. The highest BCUT2D eigenvalue weighted by Gasteiger charge is 2.33. The number of anilines is 1. The summed E-state index contributed by atoms with van der Waals surface area (Å²) in [7, 11) is 0. The predicted molar refractivity (Wildman–Crippen MR) is 104 cm³/mol. The molecule has 0 spiro atoms. The molecule has 26 heavy (non-hydrogen) atoms. The minimum atomic E-state index is -4.28. The van der Waals surface area contributed by atoms with E-state index in [1.807, 2.05) is 29.8 Å². The molecule has 0 aliphatic carbocycles. The van der Waals surface area contributed by atoms with Gasteiger partial charge in [0.15, 0.2) is 0 Å². The van der Waals surface area contributed by atoms with Crippen LogP contribution in [0.5, 0.6) is 0 Å². The van der Waals surface area contributed by atoms with Crippen molar-refractivity contribution in [2.24, 2.45) is 17.6 Å². The summed E-state index contributed by atoms with van der Waals surface area (Å²) in [6, 6.07) is 8.03. The molecule has 1 aromatic heterocycles. The summed E-state index contributed by atoms with van der Waals surface area (Å²) in [5.41, 5.74) is 6.67. The van der Waals surface area contributed by atoms with Crippen molar-refractivity contribution in [2.45, 2.75) is 38.8 Å². The summed E-state index contributed by atoms with van der Waals surface area (Å²) < 4.78 is 38.5. The van der Waals surface area contributed by atoms with Crippen molar-refractivity contribution >= 4 is 17.0 Å². The van der Waals surface area contributed by atoms with Crippen LogP contribution in [-0.2, 0) is 6.18 Å². The van der Waals surface area contributed by atoms with Crippen LogP contribution in [0.15, 0.2) is 41.1 Å². The first-order chi connectivity index (χ1) is 12.3. The van der Waals surface area contributed by atoms with Crippen molar-refractivity contribution in [3.63, 3.8) is 0 Å². The minimum Gasteiger partial charge on any atom is -0.385 e. The van der Waals surface area contributed by atoms with E-state index < -0.39 is 11.7 Å². The van der Waals surface area contributed by atoms with E-state index in [4.69, 9.17) is 5.73 Å². The van der Waals surface area contributed by atoms with Gasteiger partial charge in [0.1, 0.15) is 0 Å². The zero-order valence-electron chi connectivity index (χ0n) is 15.2. The molecule has 3 atom stereocenters. The van der Waals surface area contributed by atoms with Crippen molar-refractivity contribution in [3.05, 3.63) is 52.2 Å². The third kappa shape index (κ3) is 5.74. The zero-order valence-corrected chi connectivity index (χ0v) is 16.0. The van der Waals surface area contributed by atoms with Gasteiger partial charge < -0.3 is 11.1 Å². The third-order valence-corrected chi connectivity index (χ3v) is 5.62. The molecule has 0 amide bonds. The number of nitrogens with two attached hydrogens (primary N) is 1. The standard InChI is InChI=1S/C16H23F3N2.C4H4S/c1-10(8-20)3-4-12-9-21-15-6-5-13(16(17,18)19)7-14(15)11(12)2;1-2-4-5-3-1/h5-7,10-12,21H,3-4,8-9,20H2,1-2H3;1-4H. The molecule has 2 nitrogen and oxygen atoms in total. The number of rotatable bonds is 4. The van der Waals surface area contributed by atoms with E-state index in [0.717, 1.165) is 36.7 Å². The highest BCUT2D eigenvalue weighted by atomic mass is 32.1. The van der Waals surface area contributed by atoms with Gasteiger partial charge in [-0.15, -0.1) is 0 Å². The number of halogens is 3. The molecule has 6 heteroatoms. The maximum atomic E-state index is 12.8. The van der Waals surface area contributed by atoms with Gasteiger partial charge in [0.05, 0.1) is 5.56 Å². The summed E-state index contributed by atoms with van der Waals surface area (Å²) in [5, 5.41) is 7.35. The average Bonchev–Trinajstić information content (AvgIpc) is 3.20. The smallest absolute Gasteiger partial charge is 0.385 e. The Morgan fingerprint density at radius 3 is 2.50 bits per heavy atom. The number of thiophene rings is 1. The molecule has 0 saturated heterocycles. The molecule has 0 fully saturated rings. The molecule has 3 rings (SSSR count). The molecule has 2 heterocycles. The molecule has 2 aromatic rings. The molecule has 144 valence electrons. The largest absolute Gasteiger partial charge is 0.416 e. The van der Waals surface area contributed by atoms with E-state index in [9.17, 15) is 13.2 Å². The maximum absolute atomic E-state index is 12.8. The zero-order chi connectivity index (χ0) is 19.2. The fourth-order valence-electron chi connectivity index (χ4n) is 3.14. The third-order valence-electron chi connectivity index (χ3n) is 4.99.